The molecule has 4 nitrogen and oxygen atoms in total. The summed E-state index contributed by atoms with van der Waals surface area (Å²) in [5.74, 6) is 3.92. The van der Waals surface area contributed by atoms with E-state index in [0.717, 1.165) is 47.2 Å². The molecule has 25 heavy (non-hydrogen) atoms. The summed E-state index contributed by atoms with van der Waals surface area (Å²) in [6.45, 7) is 2.99. The summed E-state index contributed by atoms with van der Waals surface area (Å²) in [6, 6.07) is 14.8. The first-order valence-electron chi connectivity index (χ1n) is 8.87. The lowest BCUT2D eigenvalue weighted by Crippen LogP contribution is -2.10. The molecule has 124 valence electrons. The molecule has 2 heterocycles. The maximum Gasteiger partial charge on any atom is 0.163 e. The minimum Gasteiger partial charge on any atom is -0.370 e. The summed E-state index contributed by atoms with van der Waals surface area (Å²) in [4.78, 5) is 13.4. The lowest BCUT2D eigenvalue weighted by Gasteiger charge is -2.11. The Labute approximate surface area is 147 Å². The zero-order valence-electron chi connectivity index (χ0n) is 14.2. The summed E-state index contributed by atoms with van der Waals surface area (Å²) < 4.78 is 0. The predicted octanol–water partition coefficient (Wildman–Crippen LogP) is 3.84. The van der Waals surface area contributed by atoms with Crippen LogP contribution in [0.4, 0.5) is 5.82 Å². The fraction of sp³-hybridized carbons (Fsp3) is 0.286. The molecular formula is C21H20N4. The monoisotopic (exact) mass is 328 g/mol. The second-order valence-corrected chi connectivity index (χ2v) is 7.10. The van der Waals surface area contributed by atoms with Gasteiger partial charge in [-0.1, -0.05) is 24.3 Å². The van der Waals surface area contributed by atoms with Crippen LogP contribution in [0.2, 0.25) is 0 Å². The van der Waals surface area contributed by atoms with Crippen LogP contribution >= 0.6 is 0 Å². The standard InChI is InChI=1S/C21H20N4/c1-13-9-19(25-21(24-13)15-6-4-8-22-11-15)23-12-18-17-10-14-5-2-3-7-16(14)20(17)18/h2-9,11,17-18,20H,10,12H2,1H3,(H,23,24,25). The van der Waals surface area contributed by atoms with Gasteiger partial charge < -0.3 is 5.32 Å². The van der Waals surface area contributed by atoms with E-state index in [9.17, 15) is 0 Å². The summed E-state index contributed by atoms with van der Waals surface area (Å²) >= 11 is 0. The molecule has 0 aliphatic heterocycles. The zero-order valence-corrected chi connectivity index (χ0v) is 14.2. The van der Waals surface area contributed by atoms with E-state index in [1.165, 1.54) is 6.42 Å². The smallest absolute Gasteiger partial charge is 0.163 e. The lowest BCUT2D eigenvalue weighted by atomic mass is 10.0. The molecule has 0 radical (unpaired) electrons. The third-order valence-electron chi connectivity index (χ3n) is 5.49. The van der Waals surface area contributed by atoms with Crippen LogP contribution in [0.5, 0.6) is 0 Å². The van der Waals surface area contributed by atoms with Crippen molar-refractivity contribution < 1.29 is 0 Å². The number of aryl methyl sites for hydroxylation is 1. The fourth-order valence-electron chi connectivity index (χ4n) is 4.27. The highest BCUT2D eigenvalue weighted by Gasteiger charge is 2.54. The second kappa shape index (κ2) is 5.66. The normalized spacial score (nSPS) is 23.0. The molecular weight excluding hydrogens is 308 g/mol. The molecule has 1 aromatic carbocycles. The van der Waals surface area contributed by atoms with E-state index in [4.69, 9.17) is 0 Å². The number of hydrogen-bond acceptors (Lipinski definition) is 4. The first-order chi connectivity index (χ1) is 12.3. The SMILES string of the molecule is Cc1cc(NCC2C3Cc4ccccc4C23)nc(-c2cccnc2)n1. The molecule has 1 saturated carbocycles. The minimum absolute atomic E-state index is 0.729. The number of fused-ring (bicyclic) bond motifs is 3. The summed E-state index contributed by atoms with van der Waals surface area (Å²) in [7, 11) is 0. The van der Waals surface area contributed by atoms with Crippen molar-refractivity contribution in [1.29, 1.82) is 0 Å². The van der Waals surface area contributed by atoms with Crippen molar-refractivity contribution in [2.75, 3.05) is 11.9 Å². The van der Waals surface area contributed by atoms with E-state index < -0.39 is 0 Å². The Balaban J connectivity index is 1.31. The molecule has 3 aromatic rings. The van der Waals surface area contributed by atoms with Gasteiger partial charge in [0.2, 0.25) is 0 Å². The molecule has 3 unspecified atom stereocenters. The second-order valence-electron chi connectivity index (χ2n) is 7.10. The third kappa shape index (κ3) is 2.58. The number of nitrogens with one attached hydrogen (secondary N) is 1. The maximum absolute atomic E-state index is 4.68. The number of aromatic nitrogens is 3. The largest absolute Gasteiger partial charge is 0.370 e. The van der Waals surface area contributed by atoms with Gasteiger partial charge in [-0.25, -0.2) is 9.97 Å². The zero-order chi connectivity index (χ0) is 16.8. The van der Waals surface area contributed by atoms with Gasteiger partial charge in [-0.2, -0.15) is 0 Å². The van der Waals surface area contributed by atoms with E-state index in [0.29, 0.717) is 0 Å². The Morgan fingerprint density at radius 1 is 1.12 bits per heavy atom. The van der Waals surface area contributed by atoms with Crippen molar-refractivity contribution in [2.24, 2.45) is 11.8 Å². The van der Waals surface area contributed by atoms with Gasteiger partial charge in [0.25, 0.3) is 0 Å². The summed E-state index contributed by atoms with van der Waals surface area (Å²) in [5.41, 5.74) is 5.03. The highest BCUT2D eigenvalue weighted by atomic mass is 15.0. The molecule has 1 N–H and O–H groups in total. The van der Waals surface area contributed by atoms with Crippen molar-refractivity contribution in [3.8, 4) is 11.4 Å². The van der Waals surface area contributed by atoms with Gasteiger partial charge in [0.15, 0.2) is 5.82 Å². The molecule has 5 rings (SSSR count). The summed E-state index contributed by atoms with van der Waals surface area (Å²) in [5, 5.41) is 3.55. The maximum atomic E-state index is 4.68. The van der Waals surface area contributed by atoms with Crippen molar-refractivity contribution in [3.63, 3.8) is 0 Å². The van der Waals surface area contributed by atoms with Crippen LogP contribution in [-0.2, 0) is 6.42 Å². The topological polar surface area (TPSA) is 50.7 Å². The van der Waals surface area contributed by atoms with Crippen LogP contribution in [-0.4, -0.2) is 21.5 Å². The molecule has 2 aromatic heterocycles. The third-order valence-corrected chi connectivity index (χ3v) is 5.49. The molecule has 0 spiro atoms. The van der Waals surface area contributed by atoms with Crippen molar-refractivity contribution in [2.45, 2.75) is 19.3 Å². The molecule has 3 atom stereocenters. The van der Waals surface area contributed by atoms with Crippen LogP contribution in [0.25, 0.3) is 11.4 Å². The number of hydrogen-bond donors (Lipinski definition) is 1. The Morgan fingerprint density at radius 2 is 2.04 bits per heavy atom. The molecule has 1 fully saturated rings. The van der Waals surface area contributed by atoms with Gasteiger partial charge in [-0.15, -0.1) is 0 Å². The highest BCUT2D eigenvalue weighted by Crippen LogP contribution is 2.61. The Morgan fingerprint density at radius 3 is 2.92 bits per heavy atom. The van der Waals surface area contributed by atoms with Gasteiger partial charge in [0.1, 0.15) is 5.82 Å². The van der Waals surface area contributed by atoms with Crippen LogP contribution in [0.3, 0.4) is 0 Å². The molecule has 0 bridgehead atoms. The molecule has 4 heteroatoms. The average Bonchev–Trinajstić information content (AvgIpc) is 3.18. The number of rotatable bonds is 4. The van der Waals surface area contributed by atoms with E-state index >= 15 is 0 Å². The van der Waals surface area contributed by atoms with Gasteiger partial charge in [0, 0.05) is 36.3 Å². The first-order valence-corrected chi connectivity index (χ1v) is 8.87. The lowest BCUT2D eigenvalue weighted by molar-refractivity contribution is 0.718. The quantitative estimate of drug-likeness (QED) is 0.790. The Bertz CT molecular complexity index is 922. The predicted molar refractivity (Wildman–Crippen MR) is 98.4 cm³/mol. The molecule has 0 saturated heterocycles. The van der Waals surface area contributed by atoms with Crippen molar-refractivity contribution in [1.82, 2.24) is 15.0 Å². The first kappa shape index (κ1) is 14.6. The Kier molecular flexibility index (Phi) is 3.30. The van der Waals surface area contributed by atoms with Crippen molar-refractivity contribution in [3.05, 3.63) is 71.7 Å². The van der Waals surface area contributed by atoms with Gasteiger partial charge in [0.05, 0.1) is 0 Å². The van der Waals surface area contributed by atoms with Crippen LogP contribution in [0.1, 0.15) is 22.7 Å². The van der Waals surface area contributed by atoms with Gasteiger partial charge in [-0.05, 0) is 54.4 Å². The van der Waals surface area contributed by atoms with Gasteiger partial charge >= 0.3 is 0 Å². The Hall–Kier alpha value is -2.75. The summed E-state index contributed by atoms with van der Waals surface area (Å²) in [6.07, 6.45) is 4.81. The van der Waals surface area contributed by atoms with Crippen LogP contribution < -0.4 is 5.32 Å². The van der Waals surface area contributed by atoms with Gasteiger partial charge in [-0.3, -0.25) is 4.98 Å². The average molecular weight is 328 g/mol. The van der Waals surface area contributed by atoms with Crippen LogP contribution in [0.15, 0.2) is 54.9 Å². The molecule has 0 amide bonds. The number of benzene rings is 1. The molecule has 2 aliphatic rings. The highest BCUT2D eigenvalue weighted by molar-refractivity contribution is 5.56. The van der Waals surface area contributed by atoms with E-state index in [-0.39, 0.29) is 0 Å². The number of anilines is 1. The van der Waals surface area contributed by atoms with Crippen LogP contribution in [0, 0.1) is 18.8 Å². The van der Waals surface area contributed by atoms with E-state index in [1.54, 1.807) is 23.5 Å². The van der Waals surface area contributed by atoms with Crippen molar-refractivity contribution >= 4 is 5.82 Å². The fourth-order valence-corrected chi connectivity index (χ4v) is 4.27. The molecule has 2 aliphatic carbocycles. The number of nitrogens with zero attached hydrogens (tertiary/aromatic N) is 3. The number of pyridine rings is 1. The minimum atomic E-state index is 0.729. The van der Waals surface area contributed by atoms with E-state index in [1.807, 2.05) is 25.1 Å². The van der Waals surface area contributed by atoms with E-state index in [2.05, 4.69) is 44.5 Å².